The monoisotopic (exact) mass is 210 g/mol. The fourth-order valence-electron chi connectivity index (χ4n) is 2.03. The first kappa shape index (κ1) is 12.7. The van der Waals surface area contributed by atoms with Gasteiger partial charge in [-0.2, -0.15) is 0 Å². The van der Waals surface area contributed by atoms with Gasteiger partial charge in [0.05, 0.1) is 0 Å². The van der Waals surface area contributed by atoms with Crippen LogP contribution in [0.1, 0.15) is 40.0 Å². The molecule has 0 fully saturated rings. The second-order valence-corrected chi connectivity index (χ2v) is 4.93. The summed E-state index contributed by atoms with van der Waals surface area (Å²) in [5.74, 6) is 0. The van der Waals surface area contributed by atoms with Crippen molar-refractivity contribution in [3.63, 3.8) is 0 Å². The van der Waals surface area contributed by atoms with E-state index < -0.39 is 0 Å². The molecule has 15 heavy (non-hydrogen) atoms. The molecule has 1 N–H and O–H groups in total. The quantitative estimate of drug-likeness (QED) is 0.535. The number of hydrogen-bond donors (Lipinski definition) is 1. The lowest BCUT2D eigenvalue weighted by Crippen LogP contribution is -2.31. The topological polar surface area (TPSA) is 15.3 Å². The third-order valence-corrected chi connectivity index (χ3v) is 2.86. The van der Waals surface area contributed by atoms with Crippen LogP contribution in [0.25, 0.3) is 0 Å². The molecular formula is C13H26N2. The minimum Gasteiger partial charge on any atom is -0.315 e. The minimum atomic E-state index is 0.630. The smallest absolute Gasteiger partial charge is 0.0190 e. The molecule has 0 aromatic carbocycles. The van der Waals surface area contributed by atoms with Gasteiger partial charge in [-0.1, -0.05) is 25.5 Å². The number of rotatable bonds is 6. The molecule has 0 aliphatic carbocycles. The Balaban J connectivity index is 1.98. The fourth-order valence-corrected chi connectivity index (χ4v) is 2.03. The maximum atomic E-state index is 3.46. The van der Waals surface area contributed by atoms with Crippen LogP contribution in [0.4, 0.5) is 0 Å². The number of nitrogens with one attached hydrogen (secondary N) is 1. The van der Waals surface area contributed by atoms with Gasteiger partial charge in [0.2, 0.25) is 0 Å². The Labute approximate surface area is 94.7 Å². The van der Waals surface area contributed by atoms with Gasteiger partial charge < -0.3 is 5.32 Å². The zero-order chi connectivity index (χ0) is 11.1. The Bertz CT molecular complexity index is 197. The predicted molar refractivity (Wildman–Crippen MR) is 67.2 cm³/mol. The van der Waals surface area contributed by atoms with Crippen molar-refractivity contribution in [2.75, 3.05) is 26.2 Å². The fraction of sp³-hybridized carbons (Fsp3) is 0.846. The molecule has 0 aromatic rings. The van der Waals surface area contributed by atoms with Crippen molar-refractivity contribution in [2.24, 2.45) is 0 Å². The van der Waals surface area contributed by atoms with Crippen LogP contribution in [0.15, 0.2) is 11.6 Å². The highest BCUT2D eigenvalue weighted by Crippen LogP contribution is 2.09. The number of unbranched alkanes of at least 4 members (excludes halogenated alkanes) is 1. The molecule has 0 saturated carbocycles. The summed E-state index contributed by atoms with van der Waals surface area (Å²) in [4.78, 5) is 2.57. The number of nitrogens with zero attached hydrogens (tertiary/aromatic N) is 1. The second kappa shape index (κ2) is 7.02. The van der Waals surface area contributed by atoms with E-state index in [1.54, 1.807) is 5.57 Å². The summed E-state index contributed by atoms with van der Waals surface area (Å²) in [6, 6.07) is 0.630. The van der Waals surface area contributed by atoms with E-state index >= 15 is 0 Å². The van der Waals surface area contributed by atoms with Crippen molar-refractivity contribution >= 4 is 0 Å². The molecule has 0 atom stereocenters. The maximum absolute atomic E-state index is 3.46. The highest BCUT2D eigenvalue weighted by Gasteiger charge is 2.08. The molecule has 0 bridgehead atoms. The van der Waals surface area contributed by atoms with Crippen LogP contribution < -0.4 is 5.32 Å². The third-order valence-electron chi connectivity index (χ3n) is 2.86. The second-order valence-electron chi connectivity index (χ2n) is 4.93. The minimum absolute atomic E-state index is 0.630. The predicted octanol–water partition coefficient (Wildman–Crippen LogP) is 2.42. The molecule has 0 amide bonds. The lowest BCUT2D eigenvalue weighted by Gasteiger charge is -2.25. The zero-order valence-electron chi connectivity index (χ0n) is 10.6. The van der Waals surface area contributed by atoms with E-state index in [1.165, 1.54) is 45.4 Å². The number of hydrogen-bond acceptors (Lipinski definition) is 2. The highest BCUT2D eigenvalue weighted by atomic mass is 15.1. The standard InChI is InChI=1S/C13H26N2/c1-12(2)14-8-4-5-9-15-10-6-7-13(3)11-15/h7,12,14H,4-6,8-11H2,1-3H3. The van der Waals surface area contributed by atoms with Crippen molar-refractivity contribution in [2.45, 2.75) is 46.1 Å². The lowest BCUT2D eigenvalue weighted by molar-refractivity contribution is 0.283. The molecule has 0 radical (unpaired) electrons. The van der Waals surface area contributed by atoms with E-state index in [0.29, 0.717) is 6.04 Å². The average Bonchev–Trinajstić information content (AvgIpc) is 2.17. The van der Waals surface area contributed by atoms with Gasteiger partial charge in [-0.3, -0.25) is 4.90 Å². The van der Waals surface area contributed by atoms with Crippen LogP contribution in [0.5, 0.6) is 0 Å². The van der Waals surface area contributed by atoms with Crippen LogP contribution in [-0.2, 0) is 0 Å². The molecular weight excluding hydrogens is 184 g/mol. The molecule has 1 heterocycles. The van der Waals surface area contributed by atoms with Crippen LogP contribution in [0.3, 0.4) is 0 Å². The van der Waals surface area contributed by atoms with Crippen LogP contribution in [-0.4, -0.2) is 37.1 Å². The molecule has 0 unspecified atom stereocenters. The first-order valence-corrected chi connectivity index (χ1v) is 6.30. The summed E-state index contributed by atoms with van der Waals surface area (Å²) in [5, 5.41) is 3.46. The summed E-state index contributed by atoms with van der Waals surface area (Å²) < 4.78 is 0. The zero-order valence-corrected chi connectivity index (χ0v) is 10.6. The Morgan fingerprint density at radius 2 is 2.20 bits per heavy atom. The van der Waals surface area contributed by atoms with Gasteiger partial charge in [0.15, 0.2) is 0 Å². The van der Waals surface area contributed by atoms with Gasteiger partial charge in [-0.25, -0.2) is 0 Å². The molecule has 1 aliphatic heterocycles. The van der Waals surface area contributed by atoms with Crippen LogP contribution in [0.2, 0.25) is 0 Å². The Morgan fingerprint density at radius 3 is 2.87 bits per heavy atom. The van der Waals surface area contributed by atoms with Crippen LogP contribution in [0, 0.1) is 0 Å². The van der Waals surface area contributed by atoms with Crippen molar-refractivity contribution in [1.29, 1.82) is 0 Å². The first-order valence-electron chi connectivity index (χ1n) is 6.30. The summed E-state index contributed by atoms with van der Waals surface area (Å²) in [5.41, 5.74) is 1.54. The summed E-state index contributed by atoms with van der Waals surface area (Å²) in [6.07, 6.45) is 6.25. The van der Waals surface area contributed by atoms with Crippen molar-refractivity contribution in [3.05, 3.63) is 11.6 Å². The molecule has 0 spiro atoms. The normalized spacial score (nSPS) is 18.3. The molecule has 2 nitrogen and oxygen atoms in total. The van der Waals surface area contributed by atoms with Crippen molar-refractivity contribution < 1.29 is 0 Å². The first-order chi connectivity index (χ1) is 7.18. The molecule has 1 rings (SSSR count). The molecule has 2 heteroatoms. The SMILES string of the molecule is CC1=CCCN(CCCCNC(C)C)C1. The summed E-state index contributed by atoms with van der Waals surface area (Å²) in [6.45, 7) is 11.5. The summed E-state index contributed by atoms with van der Waals surface area (Å²) in [7, 11) is 0. The summed E-state index contributed by atoms with van der Waals surface area (Å²) >= 11 is 0. The van der Waals surface area contributed by atoms with Gasteiger partial charge in [0.25, 0.3) is 0 Å². The van der Waals surface area contributed by atoms with E-state index in [4.69, 9.17) is 0 Å². The van der Waals surface area contributed by atoms with Gasteiger partial charge >= 0.3 is 0 Å². The van der Waals surface area contributed by atoms with Crippen molar-refractivity contribution in [1.82, 2.24) is 10.2 Å². The Hall–Kier alpha value is -0.340. The van der Waals surface area contributed by atoms with E-state index in [0.717, 1.165) is 0 Å². The van der Waals surface area contributed by atoms with E-state index in [9.17, 15) is 0 Å². The molecule has 0 saturated heterocycles. The molecule has 0 aromatic heterocycles. The lowest BCUT2D eigenvalue weighted by atomic mass is 10.1. The van der Waals surface area contributed by atoms with Gasteiger partial charge in [-0.05, 0) is 39.3 Å². The van der Waals surface area contributed by atoms with Crippen LogP contribution >= 0.6 is 0 Å². The Kier molecular flexibility index (Phi) is 5.96. The largest absolute Gasteiger partial charge is 0.315 e. The van der Waals surface area contributed by atoms with Gasteiger partial charge in [0, 0.05) is 19.1 Å². The highest BCUT2D eigenvalue weighted by molar-refractivity contribution is 5.04. The molecule has 1 aliphatic rings. The maximum Gasteiger partial charge on any atom is 0.0190 e. The third kappa shape index (κ3) is 5.95. The van der Waals surface area contributed by atoms with Gasteiger partial charge in [-0.15, -0.1) is 0 Å². The Morgan fingerprint density at radius 1 is 1.40 bits per heavy atom. The van der Waals surface area contributed by atoms with E-state index in [2.05, 4.69) is 37.1 Å². The molecule has 88 valence electrons. The van der Waals surface area contributed by atoms with Crippen molar-refractivity contribution in [3.8, 4) is 0 Å². The average molecular weight is 210 g/mol. The van der Waals surface area contributed by atoms with E-state index in [1.807, 2.05) is 0 Å². The van der Waals surface area contributed by atoms with E-state index in [-0.39, 0.29) is 0 Å². The van der Waals surface area contributed by atoms with Gasteiger partial charge in [0.1, 0.15) is 0 Å².